The zero-order valence-corrected chi connectivity index (χ0v) is 9.97. The molecular formula is C10H9IO4. The van der Waals surface area contributed by atoms with Gasteiger partial charge in [-0.15, -0.1) is 0 Å². The first-order valence-electron chi connectivity index (χ1n) is 4.43. The number of hydrogen-bond donors (Lipinski definition) is 0. The molecule has 1 fully saturated rings. The van der Waals surface area contributed by atoms with Crippen molar-refractivity contribution in [3.05, 3.63) is 33.9 Å². The van der Waals surface area contributed by atoms with Crippen LogP contribution >= 0.6 is 20.6 Å². The van der Waals surface area contributed by atoms with E-state index in [1.54, 1.807) is 0 Å². The van der Waals surface area contributed by atoms with Crippen molar-refractivity contribution in [3.63, 3.8) is 0 Å². The second kappa shape index (κ2) is 4.61. The Labute approximate surface area is 95.0 Å². The van der Waals surface area contributed by atoms with E-state index in [0.29, 0.717) is 0 Å². The Morgan fingerprint density at radius 3 is 2.00 bits per heavy atom. The summed E-state index contributed by atoms with van der Waals surface area (Å²) in [6.45, 7) is 0. The summed E-state index contributed by atoms with van der Waals surface area (Å²) in [5, 5.41) is 0. The molecule has 0 aromatic heterocycles. The van der Waals surface area contributed by atoms with Crippen molar-refractivity contribution in [2.24, 2.45) is 0 Å². The fourth-order valence-electron chi connectivity index (χ4n) is 1.06. The monoisotopic (exact) mass is 320 g/mol. The number of halogens is 1. The van der Waals surface area contributed by atoms with E-state index in [9.17, 15) is 9.59 Å². The summed E-state index contributed by atoms with van der Waals surface area (Å²) in [6, 6.07) is 9.16. The van der Waals surface area contributed by atoms with Crippen LogP contribution in [0, 0.1) is 3.57 Å². The van der Waals surface area contributed by atoms with Gasteiger partial charge in [0.2, 0.25) is 0 Å². The molecule has 0 radical (unpaired) electrons. The molecule has 0 saturated carbocycles. The van der Waals surface area contributed by atoms with Crippen molar-refractivity contribution < 1.29 is 15.7 Å². The Bertz CT molecular complexity index is 358. The summed E-state index contributed by atoms with van der Waals surface area (Å²) >= 11 is -2.53. The third-order valence-electron chi connectivity index (χ3n) is 1.76. The molecule has 0 atom stereocenters. The number of hydrogen-bond acceptors (Lipinski definition) is 4. The molecule has 5 heteroatoms. The average Bonchev–Trinajstić information content (AvgIpc) is 2.42. The number of benzene rings is 1. The summed E-state index contributed by atoms with van der Waals surface area (Å²) in [5.41, 5.74) is 0. The second-order valence-corrected chi connectivity index (χ2v) is 6.28. The van der Waals surface area contributed by atoms with Gasteiger partial charge in [-0.1, -0.05) is 0 Å². The van der Waals surface area contributed by atoms with Crippen LogP contribution in [-0.4, -0.2) is 11.9 Å². The summed E-state index contributed by atoms with van der Waals surface area (Å²) in [4.78, 5) is 22.4. The molecule has 1 aromatic carbocycles. The van der Waals surface area contributed by atoms with Crippen molar-refractivity contribution in [3.8, 4) is 0 Å². The molecular weight excluding hydrogens is 311 g/mol. The molecule has 0 spiro atoms. The molecule has 0 aliphatic carbocycles. The molecule has 0 amide bonds. The van der Waals surface area contributed by atoms with E-state index in [0.717, 1.165) is 3.57 Å². The van der Waals surface area contributed by atoms with Crippen molar-refractivity contribution in [1.29, 1.82) is 0 Å². The fraction of sp³-hybridized carbons (Fsp3) is 0.200. The van der Waals surface area contributed by atoms with Crippen LogP contribution in [0.3, 0.4) is 0 Å². The van der Waals surface area contributed by atoms with E-state index in [1.807, 2.05) is 30.3 Å². The third kappa shape index (κ3) is 2.68. The van der Waals surface area contributed by atoms with Crippen molar-refractivity contribution in [2.45, 2.75) is 12.8 Å². The zero-order valence-electron chi connectivity index (χ0n) is 7.81. The van der Waals surface area contributed by atoms with Gasteiger partial charge in [-0.25, -0.2) is 0 Å². The van der Waals surface area contributed by atoms with Gasteiger partial charge < -0.3 is 0 Å². The van der Waals surface area contributed by atoms with Crippen molar-refractivity contribution in [1.82, 2.24) is 0 Å². The quantitative estimate of drug-likeness (QED) is 0.744. The first kappa shape index (κ1) is 10.4. The van der Waals surface area contributed by atoms with E-state index in [1.165, 1.54) is 0 Å². The van der Waals surface area contributed by atoms with Crippen LogP contribution in [0.15, 0.2) is 30.3 Å². The molecule has 1 aliphatic rings. The molecule has 1 saturated heterocycles. The van der Waals surface area contributed by atoms with E-state index in [-0.39, 0.29) is 24.8 Å². The molecule has 15 heavy (non-hydrogen) atoms. The predicted octanol–water partition coefficient (Wildman–Crippen LogP) is 2.07. The summed E-state index contributed by atoms with van der Waals surface area (Å²) < 4.78 is 11.1. The van der Waals surface area contributed by atoms with Gasteiger partial charge in [-0.3, -0.25) is 0 Å². The molecule has 1 aromatic rings. The predicted molar refractivity (Wildman–Crippen MR) is 60.6 cm³/mol. The fourth-order valence-corrected chi connectivity index (χ4v) is 3.99. The number of carbonyl (C=O) groups excluding carboxylic acids is 2. The van der Waals surface area contributed by atoms with E-state index in [4.69, 9.17) is 6.13 Å². The Balaban J connectivity index is 2.20. The molecule has 0 N–H and O–H groups in total. The van der Waals surface area contributed by atoms with Gasteiger partial charge in [0.25, 0.3) is 0 Å². The number of carbonyl (C=O) groups is 2. The van der Waals surface area contributed by atoms with Crippen LogP contribution in [0.1, 0.15) is 12.8 Å². The molecule has 4 nitrogen and oxygen atoms in total. The van der Waals surface area contributed by atoms with Gasteiger partial charge in [0, 0.05) is 0 Å². The van der Waals surface area contributed by atoms with E-state index >= 15 is 0 Å². The topological polar surface area (TPSA) is 52.6 Å². The molecule has 0 unspecified atom stereocenters. The summed E-state index contributed by atoms with van der Waals surface area (Å²) in [7, 11) is 0. The first-order valence-corrected chi connectivity index (χ1v) is 7.27. The van der Waals surface area contributed by atoms with Crippen molar-refractivity contribution >= 4 is 32.6 Å². The molecule has 1 heterocycles. The molecule has 2 rings (SSSR count). The van der Waals surface area contributed by atoms with Crippen LogP contribution < -0.4 is 0 Å². The van der Waals surface area contributed by atoms with Gasteiger partial charge in [0.05, 0.1) is 0 Å². The van der Waals surface area contributed by atoms with Gasteiger partial charge in [0.15, 0.2) is 0 Å². The van der Waals surface area contributed by atoms with Crippen molar-refractivity contribution in [2.75, 3.05) is 0 Å². The standard InChI is InChI=1S/C10H9IO4/c12-9-6-7-10(13)15-11(14-9)8-4-2-1-3-5-8/h1-5H,6-7H2. The Morgan fingerprint density at radius 1 is 0.933 bits per heavy atom. The summed E-state index contributed by atoms with van der Waals surface area (Å²) in [5.74, 6) is -0.676. The van der Waals surface area contributed by atoms with Gasteiger partial charge in [0.1, 0.15) is 0 Å². The number of rotatable bonds is 1. The van der Waals surface area contributed by atoms with Crippen LogP contribution in [0.5, 0.6) is 0 Å². The average molecular weight is 320 g/mol. The van der Waals surface area contributed by atoms with Crippen LogP contribution in [0.25, 0.3) is 0 Å². The Hall–Kier alpha value is -1.11. The minimum absolute atomic E-state index is 0.125. The second-order valence-electron chi connectivity index (χ2n) is 2.91. The van der Waals surface area contributed by atoms with Gasteiger partial charge in [-0.2, -0.15) is 0 Å². The van der Waals surface area contributed by atoms with Crippen LogP contribution in [-0.2, 0) is 15.7 Å². The van der Waals surface area contributed by atoms with E-state index < -0.39 is 20.6 Å². The zero-order chi connectivity index (χ0) is 10.7. The van der Waals surface area contributed by atoms with Gasteiger partial charge in [-0.05, 0) is 0 Å². The van der Waals surface area contributed by atoms with E-state index in [2.05, 4.69) is 0 Å². The third-order valence-corrected chi connectivity index (χ3v) is 5.28. The Morgan fingerprint density at radius 2 is 1.47 bits per heavy atom. The summed E-state index contributed by atoms with van der Waals surface area (Å²) in [6.07, 6.45) is 0.249. The molecule has 0 bridgehead atoms. The van der Waals surface area contributed by atoms with Crippen LogP contribution in [0.4, 0.5) is 0 Å². The SMILES string of the molecule is O=C1CCC(=O)OI(c2ccccc2)O1. The normalized spacial score (nSPS) is 19.1. The van der Waals surface area contributed by atoms with Crippen LogP contribution in [0.2, 0.25) is 0 Å². The first-order chi connectivity index (χ1) is 7.25. The minimum atomic E-state index is -2.53. The van der Waals surface area contributed by atoms with Gasteiger partial charge >= 0.3 is 95.1 Å². The Kier molecular flexibility index (Phi) is 3.20. The maximum absolute atomic E-state index is 11.2. The molecule has 80 valence electrons. The maximum atomic E-state index is 11.2. The molecule has 1 aliphatic heterocycles.